The van der Waals surface area contributed by atoms with E-state index in [0.29, 0.717) is 10.6 Å². The van der Waals surface area contributed by atoms with Crippen molar-refractivity contribution in [2.75, 3.05) is 0 Å². The molecule has 0 aliphatic heterocycles. The summed E-state index contributed by atoms with van der Waals surface area (Å²) in [5.41, 5.74) is 1.30. The second kappa shape index (κ2) is 3.68. The first kappa shape index (κ1) is 9.03. The Hall–Kier alpha value is -1.54. The highest BCUT2D eigenvalue weighted by Gasteiger charge is 2.01. The molecule has 0 aliphatic rings. The molecule has 0 aliphatic carbocycles. The van der Waals surface area contributed by atoms with E-state index in [1.807, 2.05) is 0 Å². The summed E-state index contributed by atoms with van der Waals surface area (Å²) in [7, 11) is 0. The molecule has 0 saturated heterocycles. The first-order valence-corrected chi connectivity index (χ1v) is 4.47. The van der Waals surface area contributed by atoms with E-state index >= 15 is 0 Å². The van der Waals surface area contributed by atoms with Gasteiger partial charge in [-0.3, -0.25) is 4.79 Å². The van der Waals surface area contributed by atoms with E-state index in [0.717, 1.165) is 5.56 Å². The number of rotatable bonds is 1. The van der Waals surface area contributed by atoms with Gasteiger partial charge in [-0.15, -0.1) is 0 Å². The van der Waals surface area contributed by atoms with Gasteiger partial charge < -0.3 is 4.42 Å². The highest BCUT2D eigenvalue weighted by Crippen LogP contribution is 2.17. The molecule has 0 N–H and O–H groups in total. The van der Waals surface area contributed by atoms with Gasteiger partial charge >= 0.3 is 0 Å². The predicted octanol–water partition coefficient (Wildman–Crippen LogP) is 2.96. The zero-order valence-electron chi connectivity index (χ0n) is 7.24. The van der Waals surface area contributed by atoms with Crippen LogP contribution in [-0.2, 0) is 0 Å². The van der Waals surface area contributed by atoms with E-state index in [4.69, 9.17) is 16.0 Å². The van der Waals surface area contributed by atoms with E-state index in [1.54, 1.807) is 24.3 Å². The number of hydrogen-bond acceptors (Lipinski definition) is 2. The fourth-order valence-electron chi connectivity index (χ4n) is 1.20. The van der Waals surface area contributed by atoms with Gasteiger partial charge in [0.15, 0.2) is 5.43 Å². The molecule has 0 atom stereocenters. The highest BCUT2D eigenvalue weighted by molar-refractivity contribution is 6.30. The Morgan fingerprint density at radius 1 is 1.07 bits per heavy atom. The summed E-state index contributed by atoms with van der Waals surface area (Å²) in [6.07, 6.45) is 2.80. The van der Waals surface area contributed by atoms with Gasteiger partial charge in [0.1, 0.15) is 6.26 Å². The monoisotopic (exact) mass is 206 g/mol. The van der Waals surface area contributed by atoms with E-state index < -0.39 is 0 Å². The quantitative estimate of drug-likeness (QED) is 0.718. The Bertz CT molecular complexity index is 485. The lowest BCUT2D eigenvalue weighted by Crippen LogP contribution is -2.00. The Labute approximate surface area is 85.8 Å². The summed E-state index contributed by atoms with van der Waals surface area (Å²) < 4.78 is 4.94. The molecule has 0 fully saturated rings. The summed E-state index contributed by atoms with van der Waals surface area (Å²) in [4.78, 5) is 11.4. The van der Waals surface area contributed by atoms with E-state index in [9.17, 15) is 4.79 Å². The molecule has 0 saturated carbocycles. The lowest BCUT2D eigenvalue weighted by atomic mass is 10.1. The van der Waals surface area contributed by atoms with Crippen molar-refractivity contribution in [3.63, 3.8) is 0 Å². The zero-order chi connectivity index (χ0) is 9.97. The molecule has 2 aromatic rings. The molecule has 70 valence electrons. The molecule has 0 amide bonds. The maximum Gasteiger partial charge on any atom is 0.192 e. The smallest absolute Gasteiger partial charge is 0.192 e. The maximum atomic E-state index is 11.4. The third-order valence-electron chi connectivity index (χ3n) is 1.90. The molecular weight excluding hydrogens is 200 g/mol. The maximum absolute atomic E-state index is 11.4. The van der Waals surface area contributed by atoms with E-state index in [1.165, 1.54) is 18.6 Å². The summed E-state index contributed by atoms with van der Waals surface area (Å²) >= 11 is 5.74. The van der Waals surface area contributed by atoms with Crippen molar-refractivity contribution < 1.29 is 4.42 Å². The van der Waals surface area contributed by atoms with Crippen molar-refractivity contribution in [2.45, 2.75) is 0 Å². The van der Waals surface area contributed by atoms with Crippen molar-refractivity contribution >= 4 is 11.6 Å². The molecule has 0 radical (unpaired) electrons. The molecule has 0 bridgehead atoms. The lowest BCUT2D eigenvalue weighted by Gasteiger charge is -1.98. The van der Waals surface area contributed by atoms with Crippen LogP contribution in [0.5, 0.6) is 0 Å². The molecule has 2 rings (SSSR count). The summed E-state index contributed by atoms with van der Waals surface area (Å²) in [5, 5.41) is 0.647. The molecule has 14 heavy (non-hydrogen) atoms. The van der Waals surface area contributed by atoms with Crippen molar-refractivity contribution in [1.82, 2.24) is 0 Å². The van der Waals surface area contributed by atoms with Gasteiger partial charge in [-0.1, -0.05) is 23.7 Å². The van der Waals surface area contributed by atoms with Gasteiger partial charge in [-0.05, 0) is 17.7 Å². The van der Waals surface area contributed by atoms with Crippen LogP contribution in [-0.4, -0.2) is 0 Å². The summed E-state index contributed by atoms with van der Waals surface area (Å²) in [5.74, 6) is 0. The van der Waals surface area contributed by atoms with Crippen LogP contribution in [0.25, 0.3) is 11.1 Å². The van der Waals surface area contributed by atoms with Crippen molar-refractivity contribution in [3.05, 3.63) is 58.1 Å². The highest BCUT2D eigenvalue weighted by atomic mass is 35.5. The molecule has 3 heteroatoms. The van der Waals surface area contributed by atoms with E-state index in [-0.39, 0.29) is 5.43 Å². The van der Waals surface area contributed by atoms with Crippen LogP contribution in [0, 0.1) is 0 Å². The van der Waals surface area contributed by atoms with Gasteiger partial charge in [0.05, 0.1) is 11.8 Å². The van der Waals surface area contributed by atoms with Crippen LogP contribution >= 0.6 is 11.6 Å². The third kappa shape index (κ3) is 1.70. The van der Waals surface area contributed by atoms with E-state index in [2.05, 4.69) is 0 Å². The fourth-order valence-corrected chi connectivity index (χ4v) is 1.32. The SMILES string of the molecule is O=c1ccocc1-c1ccc(Cl)cc1. The van der Waals surface area contributed by atoms with Crippen LogP contribution in [0.4, 0.5) is 0 Å². The second-order valence-electron chi connectivity index (χ2n) is 2.84. The Kier molecular flexibility index (Phi) is 2.37. The first-order valence-electron chi connectivity index (χ1n) is 4.10. The van der Waals surface area contributed by atoms with Crippen LogP contribution in [0.2, 0.25) is 5.02 Å². The minimum atomic E-state index is -0.0569. The first-order chi connectivity index (χ1) is 6.77. The van der Waals surface area contributed by atoms with Gasteiger partial charge in [0, 0.05) is 11.1 Å². The Morgan fingerprint density at radius 3 is 2.43 bits per heavy atom. The van der Waals surface area contributed by atoms with Gasteiger partial charge in [0.25, 0.3) is 0 Å². The Morgan fingerprint density at radius 2 is 1.79 bits per heavy atom. The number of hydrogen-bond donors (Lipinski definition) is 0. The molecule has 0 unspecified atom stereocenters. The van der Waals surface area contributed by atoms with Crippen molar-refractivity contribution in [2.24, 2.45) is 0 Å². The molecule has 1 aromatic heterocycles. The minimum absolute atomic E-state index is 0.0569. The van der Waals surface area contributed by atoms with Crippen molar-refractivity contribution in [1.29, 1.82) is 0 Å². The standard InChI is InChI=1S/C11H7ClO2/c12-9-3-1-8(2-4-9)10-7-14-6-5-11(10)13/h1-7H. The van der Waals surface area contributed by atoms with Crippen LogP contribution in [0.3, 0.4) is 0 Å². The van der Waals surface area contributed by atoms with Crippen LogP contribution in [0.1, 0.15) is 0 Å². The number of benzene rings is 1. The van der Waals surface area contributed by atoms with Gasteiger partial charge in [-0.25, -0.2) is 0 Å². The molecule has 1 heterocycles. The average molecular weight is 207 g/mol. The van der Waals surface area contributed by atoms with Gasteiger partial charge in [0.2, 0.25) is 0 Å². The van der Waals surface area contributed by atoms with Crippen molar-refractivity contribution in [3.8, 4) is 11.1 Å². The number of halogens is 1. The third-order valence-corrected chi connectivity index (χ3v) is 2.16. The molecular formula is C11H7ClO2. The minimum Gasteiger partial charge on any atom is -0.472 e. The molecule has 2 nitrogen and oxygen atoms in total. The zero-order valence-corrected chi connectivity index (χ0v) is 7.99. The molecule has 1 aromatic carbocycles. The Balaban J connectivity index is 2.56. The normalized spacial score (nSPS) is 10.1. The summed E-state index contributed by atoms with van der Waals surface area (Å²) in [6.45, 7) is 0. The largest absolute Gasteiger partial charge is 0.472 e. The second-order valence-corrected chi connectivity index (χ2v) is 3.28. The fraction of sp³-hybridized carbons (Fsp3) is 0. The molecule has 0 spiro atoms. The topological polar surface area (TPSA) is 30.2 Å². The van der Waals surface area contributed by atoms with Crippen LogP contribution < -0.4 is 5.43 Å². The van der Waals surface area contributed by atoms with Gasteiger partial charge in [-0.2, -0.15) is 0 Å². The average Bonchev–Trinajstić information content (AvgIpc) is 2.20. The van der Waals surface area contributed by atoms with Crippen LogP contribution in [0.15, 0.2) is 52.1 Å². The summed E-state index contributed by atoms with van der Waals surface area (Å²) in [6, 6.07) is 8.44. The lowest BCUT2D eigenvalue weighted by molar-refractivity contribution is 0.550. The predicted molar refractivity (Wildman–Crippen MR) is 55.4 cm³/mol.